The van der Waals surface area contributed by atoms with Crippen LogP contribution in [0.4, 0.5) is 5.82 Å². The molecule has 8 heteroatoms. The van der Waals surface area contributed by atoms with Crippen molar-refractivity contribution in [2.75, 3.05) is 18.5 Å². The highest BCUT2D eigenvalue weighted by Crippen LogP contribution is 2.27. The van der Waals surface area contributed by atoms with Gasteiger partial charge in [-0.2, -0.15) is 5.10 Å². The van der Waals surface area contributed by atoms with Gasteiger partial charge in [-0.05, 0) is 31.2 Å². The summed E-state index contributed by atoms with van der Waals surface area (Å²) < 4.78 is 12.7. The average Bonchev–Trinajstić information content (AvgIpc) is 3.11. The molecule has 2 aromatic carbocycles. The number of hydrogen-bond acceptors (Lipinski definition) is 4. The molecule has 0 aliphatic heterocycles. The SMILES string of the molecule is CCOc1ccccc1OCC(=O)Nc1ccnn1Cc1c(Cl)cccc1Cl. The van der Waals surface area contributed by atoms with Gasteiger partial charge in [0.2, 0.25) is 0 Å². The van der Waals surface area contributed by atoms with Crippen LogP contribution in [0.2, 0.25) is 10.0 Å². The molecule has 0 fully saturated rings. The van der Waals surface area contributed by atoms with E-state index in [1.165, 1.54) is 0 Å². The lowest BCUT2D eigenvalue weighted by Crippen LogP contribution is -2.22. The first-order chi connectivity index (χ1) is 13.6. The highest BCUT2D eigenvalue weighted by molar-refractivity contribution is 6.35. The molecule has 1 aromatic heterocycles. The van der Waals surface area contributed by atoms with E-state index in [1.54, 1.807) is 47.3 Å². The third-order valence-electron chi connectivity index (χ3n) is 3.86. The maximum absolute atomic E-state index is 12.3. The van der Waals surface area contributed by atoms with Crippen molar-refractivity contribution >= 4 is 34.9 Å². The number of anilines is 1. The number of hydrogen-bond donors (Lipinski definition) is 1. The Labute approximate surface area is 173 Å². The summed E-state index contributed by atoms with van der Waals surface area (Å²) in [6.45, 7) is 2.56. The summed E-state index contributed by atoms with van der Waals surface area (Å²) in [7, 11) is 0. The fourth-order valence-corrected chi connectivity index (χ4v) is 3.08. The molecule has 3 aromatic rings. The Morgan fingerprint density at radius 1 is 1.04 bits per heavy atom. The van der Waals surface area contributed by atoms with Crippen molar-refractivity contribution in [3.63, 3.8) is 0 Å². The van der Waals surface area contributed by atoms with Crippen LogP contribution in [0.25, 0.3) is 0 Å². The van der Waals surface area contributed by atoms with Crippen molar-refractivity contribution in [3.8, 4) is 11.5 Å². The lowest BCUT2D eigenvalue weighted by atomic mass is 10.2. The van der Waals surface area contributed by atoms with Gasteiger partial charge in [-0.15, -0.1) is 0 Å². The average molecular weight is 420 g/mol. The fourth-order valence-electron chi connectivity index (χ4n) is 2.56. The number of benzene rings is 2. The minimum absolute atomic E-state index is 0.165. The molecule has 28 heavy (non-hydrogen) atoms. The van der Waals surface area contributed by atoms with Crippen LogP contribution >= 0.6 is 23.2 Å². The molecule has 3 rings (SSSR count). The molecule has 146 valence electrons. The van der Waals surface area contributed by atoms with Crippen LogP contribution in [0, 0.1) is 0 Å². The minimum atomic E-state index is -0.321. The number of amides is 1. The van der Waals surface area contributed by atoms with E-state index in [0.29, 0.717) is 40.5 Å². The second-order valence-corrected chi connectivity index (χ2v) is 6.61. The first-order valence-corrected chi connectivity index (χ1v) is 9.43. The standard InChI is InChI=1S/C20H19Cl2N3O3/c1-2-27-17-8-3-4-9-18(17)28-13-20(26)24-19-10-11-23-25(19)12-14-15(21)6-5-7-16(14)22/h3-11H,2,12-13H2,1H3,(H,24,26). The molecule has 6 nitrogen and oxygen atoms in total. The van der Waals surface area contributed by atoms with Crippen molar-refractivity contribution in [1.82, 2.24) is 9.78 Å². The van der Waals surface area contributed by atoms with Crippen LogP contribution in [0.15, 0.2) is 54.7 Å². The number of carbonyl (C=O) groups excluding carboxylic acids is 1. The van der Waals surface area contributed by atoms with E-state index in [9.17, 15) is 4.79 Å². The van der Waals surface area contributed by atoms with E-state index < -0.39 is 0 Å². The first kappa shape index (κ1) is 20.0. The van der Waals surface area contributed by atoms with Gasteiger partial charge in [0.25, 0.3) is 5.91 Å². The van der Waals surface area contributed by atoms with Crippen LogP contribution in [0.1, 0.15) is 12.5 Å². The van der Waals surface area contributed by atoms with Crippen molar-refractivity contribution in [1.29, 1.82) is 0 Å². The van der Waals surface area contributed by atoms with E-state index in [0.717, 1.165) is 5.56 Å². The van der Waals surface area contributed by atoms with Crippen LogP contribution in [0.3, 0.4) is 0 Å². The van der Waals surface area contributed by atoms with Crippen LogP contribution in [-0.4, -0.2) is 28.9 Å². The summed E-state index contributed by atoms with van der Waals surface area (Å²) in [6, 6.07) is 14.2. The Morgan fingerprint density at radius 3 is 2.39 bits per heavy atom. The van der Waals surface area contributed by atoms with Gasteiger partial charge >= 0.3 is 0 Å². The maximum atomic E-state index is 12.3. The van der Waals surface area contributed by atoms with Gasteiger partial charge in [0.05, 0.1) is 19.3 Å². The summed E-state index contributed by atoms with van der Waals surface area (Å²) >= 11 is 12.4. The van der Waals surface area contributed by atoms with Crippen molar-refractivity contribution in [3.05, 3.63) is 70.3 Å². The Balaban J connectivity index is 1.64. The zero-order chi connectivity index (χ0) is 19.9. The monoisotopic (exact) mass is 419 g/mol. The molecule has 1 amide bonds. The maximum Gasteiger partial charge on any atom is 0.263 e. The van der Waals surface area contributed by atoms with Crippen LogP contribution in [0.5, 0.6) is 11.5 Å². The Morgan fingerprint density at radius 2 is 1.71 bits per heavy atom. The van der Waals surface area contributed by atoms with Crippen LogP contribution in [-0.2, 0) is 11.3 Å². The van der Waals surface area contributed by atoms with E-state index >= 15 is 0 Å². The van der Waals surface area contributed by atoms with Gasteiger partial charge in [-0.3, -0.25) is 4.79 Å². The van der Waals surface area contributed by atoms with E-state index in [2.05, 4.69) is 10.4 Å². The second kappa shape index (κ2) is 9.48. The van der Waals surface area contributed by atoms with Gasteiger partial charge in [0.1, 0.15) is 5.82 Å². The van der Waals surface area contributed by atoms with Gasteiger partial charge < -0.3 is 14.8 Å². The van der Waals surface area contributed by atoms with Crippen LogP contribution < -0.4 is 14.8 Å². The lowest BCUT2D eigenvalue weighted by molar-refractivity contribution is -0.118. The molecular weight excluding hydrogens is 401 g/mol. The number of carbonyl (C=O) groups is 1. The number of nitrogens with zero attached hydrogens (tertiary/aromatic N) is 2. The Bertz CT molecular complexity index is 939. The number of para-hydroxylation sites is 2. The molecule has 0 spiro atoms. The molecular formula is C20H19Cl2N3O3. The number of aromatic nitrogens is 2. The topological polar surface area (TPSA) is 65.4 Å². The summed E-state index contributed by atoms with van der Waals surface area (Å²) in [4.78, 5) is 12.3. The zero-order valence-electron chi connectivity index (χ0n) is 15.2. The quantitative estimate of drug-likeness (QED) is 0.576. The van der Waals surface area contributed by atoms with E-state index in [1.807, 2.05) is 19.1 Å². The predicted octanol–water partition coefficient (Wildman–Crippen LogP) is 4.65. The molecule has 0 saturated heterocycles. The summed E-state index contributed by atoms with van der Waals surface area (Å²) in [5, 5.41) is 8.08. The van der Waals surface area contributed by atoms with Gasteiger partial charge in [-0.1, -0.05) is 41.4 Å². The smallest absolute Gasteiger partial charge is 0.263 e. The number of halogens is 2. The van der Waals surface area contributed by atoms with E-state index in [4.69, 9.17) is 32.7 Å². The fraction of sp³-hybridized carbons (Fsp3) is 0.200. The zero-order valence-corrected chi connectivity index (χ0v) is 16.7. The molecule has 0 radical (unpaired) electrons. The molecule has 0 bridgehead atoms. The summed E-state index contributed by atoms with van der Waals surface area (Å²) in [5.41, 5.74) is 0.729. The highest BCUT2D eigenvalue weighted by Gasteiger charge is 2.13. The Kier molecular flexibility index (Phi) is 6.79. The van der Waals surface area contributed by atoms with Crippen molar-refractivity contribution in [2.24, 2.45) is 0 Å². The Hall–Kier alpha value is -2.70. The summed E-state index contributed by atoms with van der Waals surface area (Å²) in [5.74, 6) is 1.30. The third-order valence-corrected chi connectivity index (χ3v) is 4.57. The van der Waals surface area contributed by atoms with Crippen molar-refractivity contribution < 1.29 is 14.3 Å². The lowest BCUT2D eigenvalue weighted by Gasteiger charge is -2.13. The minimum Gasteiger partial charge on any atom is -0.490 e. The highest BCUT2D eigenvalue weighted by atomic mass is 35.5. The number of rotatable bonds is 8. The normalized spacial score (nSPS) is 10.5. The van der Waals surface area contributed by atoms with Gasteiger partial charge in [0.15, 0.2) is 18.1 Å². The third kappa shape index (κ3) is 4.97. The molecule has 1 heterocycles. The summed E-state index contributed by atoms with van der Waals surface area (Å²) in [6.07, 6.45) is 1.59. The predicted molar refractivity (Wildman–Crippen MR) is 110 cm³/mol. The van der Waals surface area contributed by atoms with Gasteiger partial charge in [0, 0.05) is 21.7 Å². The van der Waals surface area contributed by atoms with Gasteiger partial charge in [-0.25, -0.2) is 4.68 Å². The molecule has 0 unspecified atom stereocenters. The molecule has 0 atom stereocenters. The number of nitrogens with one attached hydrogen (secondary N) is 1. The number of ether oxygens (including phenoxy) is 2. The first-order valence-electron chi connectivity index (χ1n) is 8.67. The molecule has 0 aliphatic rings. The van der Waals surface area contributed by atoms with E-state index in [-0.39, 0.29) is 12.5 Å². The second-order valence-electron chi connectivity index (χ2n) is 5.79. The molecule has 0 saturated carbocycles. The molecule has 0 aliphatic carbocycles. The van der Waals surface area contributed by atoms with Crippen molar-refractivity contribution in [2.45, 2.75) is 13.5 Å². The largest absolute Gasteiger partial charge is 0.490 e. The molecule has 1 N–H and O–H groups in total.